The van der Waals surface area contributed by atoms with E-state index in [1.807, 2.05) is 30.3 Å². The molecule has 3 heterocycles. The van der Waals surface area contributed by atoms with Crippen LogP contribution in [-0.2, 0) is 24.3 Å². The molecular weight excluding hydrogens is 376 g/mol. The Balaban J connectivity index is 1.45. The Morgan fingerprint density at radius 3 is 2.86 bits per heavy atom. The molecule has 0 unspecified atom stereocenters. The lowest BCUT2D eigenvalue weighted by atomic mass is 10.1. The number of thioether (sulfide) groups is 1. The Bertz CT molecular complexity index is 1060. The van der Waals surface area contributed by atoms with Gasteiger partial charge in [-0.15, -0.1) is 5.10 Å². The molecule has 0 saturated carbocycles. The number of nitrogens with zero attached hydrogens (tertiary/aromatic N) is 6. The largest absolute Gasteiger partial charge is 0.334 e. The third-order valence-corrected chi connectivity index (χ3v) is 5.71. The molecule has 1 aliphatic heterocycles. The summed E-state index contributed by atoms with van der Waals surface area (Å²) in [7, 11) is 0. The van der Waals surface area contributed by atoms with Crippen molar-refractivity contribution < 1.29 is 4.79 Å². The summed E-state index contributed by atoms with van der Waals surface area (Å²) in [6, 6.07) is 13.1. The molecule has 0 saturated heterocycles. The Morgan fingerprint density at radius 1 is 1.14 bits per heavy atom. The molecule has 2 aromatic heterocycles. The monoisotopic (exact) mass is 396 g/mol. The molecule has 28 heavy (non-hydrogen) atoms. The minimum Gasteiger partial charge on any atom is -0.334 e. The number of carbonyl (C=O) groups excluding carboxylic acids is 1. The number of carbonyl (C=O) groups is 1. The van der Waals surface area contributed by atoms with Crippen molar-refractivity contribution in [2.45, 2.75) is 31.6 Å². The SMILES string of the molecule is CCc1ccccc1-n1nnnc1SCC(=O)N1CCn2c(cccc2=O)C1. The van der Waals surface area contributed by atoms with Gasteiger partial charge in [0.05, 0.1) is 18.0 Å². The summed E-state index contributed by atoms with van der Waals surface area (Å²) < 4.78 is 3.40. The molecule has 3 aromatic rings. The first-order valence-electron chi connectivity index (χ1n) is 9.13. The topological polar surface area (TPSA) is 85.9 Å². The lowest BCUT2D eigenvalue weighted by Gasteiger charge is -2.29. The van der Waals surface area contributed by atoms with E-state index < -0.39 is 0 Å². The van der Waals surface area contributed by atoms with Crippen LogP contribution < -0.4 is 5.56 Å². The van der Waals surface area contributed by atoms with Crippen molar-refractivity contribution in [2.75, 3.05) is 12.3 Å². The average molecular weight is 396 g/mol. The van der Waals surface area contributed by atoms with Gasteiger partial charge in [-0.1, -0.05) is 43.0 Å². The first-order chi connectivity index (χ1) is 13.7. The zero-order valence-electron chi connectivity index (χ0n) is 15.5. The number of rotatable bonds is 5. The number of hydrogen-bond donors (Lipinski definition) is 0. The van der Waals surface area contributed by atoms with Crippen LogP contribution in [0.5, 0.6) is 0 Å². The molecule has 4 rings (SSSR count). The van der Waals surface area contributed by atoms with E-state index in [0.717, 1.165) is 23.4 Å². The summed E-state index contributed by atoms with van der Waals surface area (Å²) in [5.74, 6) is 0.247. The zero-order chi connectivity index (χ0) is 19.5. The maximum Gasteiger partial charge on any atom is 0.250 e. The second-order valence-electron chi connectivity index (χ2n) is 6.47. The summed E-state index contributed by atoms with van der Waals surface area (Å²) >= 11 is 1.32. The van der Waals surface area contributed by atoms with Gasteiger partial charge in [0, 0.05) is 24.8 Å². The van der Waals surface area contributed by atoms with E-state index in [1.54, 1.807) is 26.3 Å². The van der Waals surface area contributed by atoms with Crippen molar-refractivity contribution in [3.8, 4) is 5.69 Å². The number of tetrazole rings is 1. The maximum absolute atomic E-state index is 12.7. The predicted molar refractivity (Wildman–Crippen MR) is 105 cm³/mol. The van der Waals surface area contributed by atoms with Crippen molar-refractivity contribution >= 4 is 17.7 Å². The molecule has 144 valence electrons. The lowest BCUT2D eigenvalue weighted by molar-refractivity contribution is -0.129. The molecule has 1 amide bonds. The highest BCUT2D eigenvalue weighted by Crippen LogP contribution is 2.22. The first-order valence-corrected chi connectivity index (χ1v) is 10.1. The van der Waals surface area contributed by atoms with Crippen LogP contribution in [-0.4, -0.2) is 47.9 Å². The third kappa shape index (κ3) is 3.57. The summed E-state index contributed by atoms with van der Waals surface area (Å²) in [5, 5.41) is 12.5. The standard InChI is InChI=1S/C19H20N6O2S/c1-2-14-6-3-4-8-16(14)25-19(20-21-22-25)28-13-18(27)23-10-11-24-15(12-23)7-5-9-17(24)26/h3-9H,2,10-13H2,1H3. The fraction of sp³-hybridized carbons (Fsp3) is 0.316. The van der Waals surface area contributed by atoms with Crippen molar-refractivity contribution in [1.29, 1.82) is 0 Å². The fourth-order valence-electron chi connectivity index (χ4n) is 3.32. The second-order valence-corrected chi connectivity index (χ2v) is 7.41. The molecule has 8 nitrogen and oxygen atoms in total. The van der Waals surface area contributed by atoms with Gasteiger partial charge >= 0.3 is 0 Å². The molecule has 1 aliphatic rings. The third-order valence-electron chi connectivity index (χ3n) is 4.81. The second kappa shape index (κ2) is 7.97. The molecule has 0 radical (unpaired) electrons. The number of pyridine rings is 1. The van der Waals surface area contributed by atoms with Crippen molar-refractivity contribution in [3.05, 3.63) is 64.1 Å². The Morgan fingerprint density at radius 2 is 2.00 bits per heavy atom. The number of para-hydroxylation sites is 1. The molecule has 0 spiro atoms. The maximum atomic E-state index is 12.7. The van der Waals surface area contributed by atoms with Crippen LogP contribution in [0.3, 0.4) is 0 Å². The van der Waals surface area contributed by atoms with Gasteiger partial charge in [-0.2, -0.15) is 4.68 Å². The number of aromatic nitrogens is 5. The number of amides is 1. The van der Waals surface area contributed by atoms with Gasteiger partial charge in [-0.25, -0.2) is 0 Å². The first kappa shape index (κ1) is 18.4. The van der Waals surface area contributed by atoms with Gasteiger partial charge in [0.2, 0.25) is 11.1 Å². The van der Waals surface area contributed by atoms with Crippen LogP contribution in [0.25, 0.3) is 5.69 Å². The van der Waals surface area contributed by atoms with Crippen molar-refractivity contribution in [2.24, 2.45) is 0 Å². The predicted octanol–water partition coefficient (Wildman–Crippen LogP) is 1.52. The Kier molecular flexibility index (Phi) is 5.25. The van der Waals surface area contributed by atoms with Crippen molar-refractivity contribution in [1.82, 2.24) is 29.7 Å². The van der Waals surface area contributed by atoms with Crippen LogP contribution in [0.2, 0.25) is 0 Å². The van der Waals surface area contributed by atoms with E-state index in [2.05, 4.69) is 22.4 Å². The van der Waals surface area contributed by atoms with Crippen molar-refractivity contribution in [3.63, 3.8) is 0 Å². The highest BCUT2D eigenvalue weighted by molar-refractivity contribution is 7.99. The summed E-state index contributed by atoms with van der Waals surface area (Å²) in [6.45, 7) is 3.57. The van der Waals surface area contributed by atoms with Gasteiger partial charge < -0.3 is 9.47 Å². The summed E-state index contributed by atoms with van der Waals surface area (Å²) in [6.07, 6.45) is 0.867. The summed E-state index contributed by atoms with van der Waals surface area (Å²) in [4.78, 5) is 26.3. The smallest absolute Gasteiger partial charge is 0.250 e. The van der Waals surface area contributed by atoms with E-state index in [-0.39, 0.29) is 17.2 Å². The van der Waals surface area contributed by atoms with E-state index >= 15 is 0 Å². The number of hydrogen-bond acceptors (Lipinski definition) is 6. The number of fused-ring (bicyclic) bond motifs is 1. The van der Waals surface area contributed by atoms with E-state index in [1.165, 1.54) is 11.8 Å². The minimum atomic E-state index is -0.0206. The molecule has 0 N–H and O–H groups in total. The van der Waals surface area contributed by atoms with Crippen LogP contribution in [0.4, 0.5) is 0 Å². The highest BCUT2D eigenvalue weighted by atomic mass is 32.2. The highest BCUT2D eigenvalue weighted by Gasteiger charge is 2.22. The molecule has 0 fully saturated rings. The van der Waals surface area contributed by atoms with Gasteiger partial charge in [0.1, 0.15) is 0 Å². The van der Waals surface area contributed by atoms with Gasteiger partial charge in [-0.05, 0) is 34.5 Å². The fourth-order valence-corrected chi connectivity index (χ4v) is 4.10. The van der Waals surface area contributed by atoms with E-state index in [9.17, 15) is 9.59 Å². The van der Waals surface area contributed by atoms with Crippen LogP contribution in [0, 0.1) is 0 Å². The van der Waals surface area contributed by atoms with Crippen LogP contribution >= 0.6 is 11.8 Å². The van der Waals surface area contributed by atoms with Gasteiger partial charge in [0.15, 0.2) is 0 Å². The molecule has 0 atom stereocenters. The summed E-state index contributed by atoms with van der Waals surface area (Å²) in [5.41, 5.74) is 2.91. The Labute approximate surface area is 166 Å². The molecule has 0 aliphatic carbocycles. The zero-order valence-corrected chi connectivity index (χ0v) is 16.3. The average Bonchev–Trinajstić information content (AvgIpc) is 3.20. The molecule has 1 aromatic carbocycles. The van der Waals surface area contributed by atoms with Crippen LogP contribution in [0.1, 0.15) is 18.2 Å². The number of aryl methyl sites for hydroxylation is 1. The number of benzene rings is 1. The van der Waals surface area contributed by atoms with Gasteiger partial charge in [0.25, 0.3) is 5.56 Å². The molecule has 9 heteroatoms. The van der Waals surface area contributed by atoms with Gasteiger partial charge in [-0.3, -0.25) is 9.59 Å². The quantitative estimate of drug-likeness (QED) is 0.608. The Hall–Kier alpha value is -2.94. The van der Waals surface area contributed by atoms with Crippen LogP contribution in [0.15, 0.2) is 52.4 Å². The molecule has 0 bridgehead atoms. The molecular formula is C19H20N6O2S. The minimum absolute atomic E-state index is 0.00544. The van der Waals surface area contributed by atoms with E-state index in [0.29, 0.717) is 24.8 Å². The van der Waals surface area contributed by atoms with E-state index in [4.69, 9.17) is 0 Å². The normalized spacial score (nSPS) is 13.4. The lowest BCUT2D eigenvalue weighted by Crippen LogP contribution is -2.42.